The van der Waals surface area contributed by atoms with Gasteiger partial charge in [0.25, 0.3) is 5.91 Å². The van der Waals surface area contributed by atoms with Crippen LogP contribution in [0.5, 0.6) is 0 Å². The third kappa shape index (κ3) is 2.69. The summed E-state index contributed by atoms with van der Waals surface area (Å²) in [5.41, 5.74) is 6.85. The highest BCUT2D eigenvalue weighted by Crippen LogP contribution is 2.36. The van der Waals surface area contributed by atoms with Gasteiger partial charge in [0.1, 0.15) is 5.69 Å². The molecule has 1 saturated heterocycles. The molecule has 2 aliphatic rings. The Labute approximate surface area is 130 Å². The summed E-state index contributed by atoms with van der Waals surface area (Å²) in [6, 6.07) is 2.00. The maximum Gasteiger partial charge on any atom is 0.270 e. The predicted molar refractivity (Wildman–Crippen MR) is 82.4 cm³/mol. The van der Waals surface area contributed by atoms with Gasteiger partial charge in [-0.2, -0.15) is 0 Å². The molecule has 0 radical (unpaired) electrons. The number of fused-ring (bicyclic) bond motifs is 1. The second-order valence-electron chi connectivity index (χ2n) is 5.88. The van der Waals surface area contributed by atoms with E-state index >= 15 is 0 Å². The van der Waals surface area contributed by atoms with Crippen molar-refractivity contribution in [3.63, 3.8) is 0 Å². The molecule has 3 atom stereocenters. The molecule has 2 N–H and O–H groups in total. The van der Waals surface area contributed by atoms with Crippen LogP contribution < -0.4 is 5.73 Å². The van der Waals surface area contributed by atoms with Crippen molar-refractivity contribution in [3.8, 4) is 0 Å². The summed E-state index contributed by atoms with van der Waals surface area (Å²) >= 11 is 5.95. The molecule has 1 saturated carbocycles. The molecule has 4 nitrogen and oxygen atoms in total. The van der Waals surface area contributed by atoms with E-state index < -0.39 is 0 Å². The minimum atomic E-state index is 0. The SMILES string of the molecule is Cl.Cn1cc(Cl)cc1C(=O)N1CC2CCCC(N)C2C1. The van der Waals surface area contributed by atoms with Crippen molar-refractivity contribution in [1.82, 2.24) is 9.47 Å². The van der Waals surface area contributed by atoms with E-state index in [1.54, 1.807) is 16.8 Å². The lowest BCUT2D eigenvalue weighted by Gasteiger charge is -2.29. The highest BCUT2D eigenvalue weighted by Gasteiger charge is 2.40. The van der Waals surface area contributed by atoms with Crippen molar-refractivity contribution < 1.29 is 4.79 Å². The lowest BCUT2D eigenvalue weighted by atomic mass is 9.78. The fourth-order valence-electron chi connectivity index (χ4n) is 3.58. The number of halogens is 2. The Bertz CT molecular complexity index is 503. The number of carbonyl (C=O) groups excluding carboxylic acids is 1. The zero-order chi connectivity index (χ0) is 13.6. The van der Waals surface area contributed by atoms with Gasteiger partial charge < -0.3 is 15.2 Å². The smallest absolute Gasteiger partial charge is 0.270 e. The molecule has 3 rings (SSSR count). The van der Waals surface area contributed by atoms with Gasteiger partial charge in [-0.25, -0.2) is 0 Å². The van der Waals surface area contributed by atoms with Gasteiger partial charge in [-0.1, -0.05) is 18.0 Å². The van der Waals surface area contributed by atoms with Crippen LogP contribution in [0.15, 0.2) is 12.3 Å². The molecule has 6 heteroatoms. The molecule has 2 fully saturated rings. The van der Waals surface area contributed by atoms with Gasteiger partial charge in [0.15, 0.2) is 0 Å². The van der Waals surface area contributed by atoms with Gasteiger partial charge in [0.05, 0.1) is 5.02 Å². The van der Waals surface area contributed by atoms with Crippen LogP contribution >= 0.6 is 24.0 Å². The first-order valence-electron chi connectivity index (χ1n) is 6.93. The molecule has 1 aromatic rings. The maximum absolute atomic E-state index is 12.5. The number of carbonyl (C=O) groups is 1. The van der Waals surface area contributed by atoms with Gasteiger partial charge in [-0.05, 0) is 30.7 Å². The van der Waals surface area contributed by atoms with Crippen molar-refractivity contribution in [2.75, 3.05) is 13.1 Å². The van der Waals surface area contributed by atoms with E-state index in [-0.39, 0.29) is 24.4 Å². The number of nitrogens with two attached hydrogens (primary N) is 1. The van der Waals surface area contributed by atoms with Gasteiger partial charge in [0.2, 0.25) is 0 Å². The Morgan fingerprint density at radius 2 is 2.15 bits per heavy atom. The molecule has 1 aliphatic carbocycles. The second-order valence-corrected chi connectivity index (χ2v) is 6.32. The molecule has 0 spiro atoms. The summed E-state index contributed by atoms with van der Waals surface area (Å²) in [7, 11) is 1.86. The number of rotatable bonds is 1. The summed E-state index contributed by atoms with van der Waals surface area (Å²) < 4.78 is 1.80. The highest BCUT2D eigenvalue weighted by molar-refractivity contribution is 6.31. The summed E-state index contributed by atoms with van der Waals surface area (Å²) in [6.07, 6.45) is 5.26. The number of hydrogen-bond acceptors (Lipinski definition) is 2. The first-order chi connectivity index (χ1) is 9.06. The quantitative estimate of drug-likeness (QED) is 0.864. The van der Waals surface area contributed by atoms with Crippen LogP contribution in [0.1, 0.15) is 29.8 Å². The maximum atomic E-state index is 12.5. The summed E-state index contributed by atoms with van der Waals surface area (Å²) in [4.78, 5) is 14.5. The van der Waals surface area contributed by atoms with Crippen LogP contribution in [-0.4, -0.2) is 34.5 Å². The fraction of sp³-hybridized carbons (Fsp3) is 0.643. The number of likely N-dealkylation sites (tertiary alicyclic amines) is 1. The highest BCUT2D eigenvalue weighted by atomic mass is 35.5. The number of aryl methyl sites for hydroxylation is 1. The largest absolute Gasteiger partial charge is 0.345 e. The second kappa shape index (κ2) is 5.96. The van der Waals surface area contributed by atoms with E-state index in [1.165, 1.54) is 12.8 Å². The van der Waals surface area contributed by atoms with Crippen LogP contribution in [-0.2, 0) is 7.05 Å². The Morgan fingerprint density at radius 1 is 1.40 bits per heavy atom. The molecule has 0 aromatic carbocycles. The Balaban J connectivity index is 0.00000147. The topological polar surface area (TPSA) is 51.3 Å². The first kappa shape index (κ1) is 15.7. The molecular weight excluding hydrogens is 297 g/mol. The van der Waals surface area contributed by atoms with E-state index in [1.807, 2.05) is 11.9 Å². The van der Waals surface area contributed by atoms with Crippen molar-refractivity contribution in [2.24, 2.45) is 24.6 Å². The first-order valence-corrected chi connectivity index (χ1v) is 7.31. The number of hydrogen-bond donors (Lipinski definition) is 1. The minimum absolute atomic E-state index is 0. The normalized spacial score (nSPS) is 28.9. The lowest BCUT2D eigenvalue weighted by Crippen LogP contribution is -2.38. The molecule has 20 heavy (non-hydrogen) atoms. The van der Waals surface area contributed by atoms with Crippen LogP contribution in [0.4, 0.5) is 0 Å². The van der Waals surface area contributed by atoms with E-state index in [2.05, 4.69) is 0 Å². The summed E-state index contributed by atoms with van der Waals surface area (Å²) in [5, 5.41) is 0.610. The third-order valence-electron chi connectivity index (χ3n) is 4.63. The molecule has 1 amide bonds. The van der Waals surface area contributed by atoms with Crippen molar-refractivity contribution in [2.45, 2.75) is 25.3 Å². The Kier molecular flexibility index (Phi) is 4.67. The fourth-order valence-corrected chi connectivity index (χ4v) is 3.83. The third-order valence-corrected chi connectivity index (χ3v) is 4.84. The van der Waals surface area contributed by atoms with Crippen molar-refractivity contribution in [3.05, 3.63) is 23.0 Å². The average Bonchev–Trinajstić information content (AvgIpc) is 2.93. The Morgan fingerprint density at radius 3 is 2.75 bits per heavy atom. The number of nitrogens with zero attached hydrogens (tertiary/aromatic N) is 2. The monoisotopic (exact) mass is 317 g/mol. The zero-order valence-electron chi connectivity index (χ0n) is 11.6. The molecule has 1 aliphatic heterocycles. The van der Waals surface area contributed by atoms with Crippen LogP contribution in [0, 0.1) is 11.8 Å². The summed E-state index contributed by atoms with van der Waals surface area (Å²) in [5.74, 6) is 1.15. The van der Waals surface area contributed by atoms with E-state index in [0.717, 1.165) is 19.5 Å². The molecule has 0 bridgehead atoms. The van der Waals surface area contributed by atoms with Gasteiger partial charge in [-0.15, -0.1) is 12.4 Å². The van der Waals surface area contributed by atoms with E-state index in [4.69, 9.17) is 17.3 Å². The van der Waals surface area contributed by atoms with E-state index in [9.17, 15) is 4.79 Å². The predicted octanol–water partition coefficient (Wildman–Crippen LogP) is 2.30. The Hall–Kier alpha value is -0.710. The molecular formula is C14H21Cl2N3O. The van der Waals surface area contributed by atoms with Gasteiger partial charge >= 0.3 is 0 Å². The zero-order valence-corrected chi connectivity index (χ0v) is 13.2. The van der Waals surface area contributed by atoms with Crippen LogP contribution in [0.3, 0.4) is 0 Å². The number of amides is 1. The van der Waals surface area contributed by atoms with Crippen LogP contribution in [0.25, 0.3) is 0 Å². The number of aromatic nitrogens is 1. The van der Waals surface area contributed by atoms with Crippen LogP contribution in [0.2, 0.25) is 5.02 Å². The molecule has 2 heterocycles. The van der Waals surface area contributed by atoms with Crippen molar-refractivity contribution in [1.29, 1.82) is 0 Å². The van der Waals surface area contributed by atoms with Gasteiger partial charge in [0, 0.05) is 32.4 Å². The van der Waals surface area contributed by atoms with Gasteiger partial charge in [-0.3, -0.25) is 4.79 Å². The molecule has 112 valence electrons. The molecule has 3 unspecified atom stereocenters. The average molecular weight is 318 g/mol. The lowest BCUT2D eigenvalue weighted by molar-refractivity contribution is 0.0774. The molecule has 1 aromatic heterocycles. The van der Waals surface area contributed by atoms with E-state index in [0.29, 0.717) is 22.6 Å². The summed E-state index contributed by atoms with van der Waals surface area (Å²) in [6.45, 7) is 1.65. The van der Waals surface area contributed by atoms with Crippen molar-refractivity contribution >= 4 is 29.9 Å². The minimum Gasteiger partial charge on any atom is -0.345 e. The standard InChI is InChI=1S/C14H20ClN3O.ClH/c1-17-7-10(15)5-13(17)14(19)18-6-9-3-2-4-12(16)11(9)8-18;/h5,7,9,11-12H,2-4,6,8,16H2,1H3;1H.